The largest absolute Gasteiger partial charge is 0.457 e. The summed E-state index contributed by atoms with van der Waals surface area (Å²) in [6.07, 6.45) is 4.35. The Labute approximate surface area is 145 Å². The monoisotopic (exact) mass is 340 g/mol. The predicted molar refractivity (Wildman–Crippen MR) is 92.9 cm³/mol. The summed E-state index contributed by atoms with van der Waals surface area (Å²) < 4.78 is 5.99. The average molecular weight is 340 g/mol. The fourth-order valence-corrected chi connectivity index (χ4v) is 5.70. The van der Waals surface area contributed by atoms with Crippen LogP contribution in [0, 0.1) is 17.8 Å². The molecule has 0 unspecified atom stereocenters. The minimum Gasteiger partial charge on any atom is -0.457 e. The standard InChI is InChI=1S/C19H20N2O2S/c22-19(17-5-4-16(24-17)15-3-1-2-6-20-15)23-18-13-7-12-8-14(18)11-21(9-12)10-13/h1-6,12-14,18H,7-11H2/t12?,13-,14-,18?/m1/s1. The van der Waals surface area contributed by atoms with Gasteiger partial charge in [0.2, 0.25) is 0 Å². The maximum absolute atomic E-state index is 12.6. The van der Waals surface area contributed by atoms with E-state index in [1.165, 1.54) is 30.7 Å². The summed E-state index contributed by atoms with van der Waals surface area (Å²) in [6.45, 7) is 3.47. The number of hydrogen-bond donors (Lipinski definition) is 0. The van der Waals surface area contributed by atoms with Crippen LogP contribution in [0.2, 0.25) is 0 Å². The third kappa shape index (κ3) is 2.47. The molecule has 1 saturated carbocycles. The fraction of sp³-hybridized carbons (Fsp3) is 0.474. The van der Waals surface area contributed by atoms with Crippen molar-refractivity contribution in [2.45, 2.75) is 18.9 Å². The number of rotatable bonds is 3. The first-order valence-corrected chi connectivity index (χ1v) is 9.52. The Kier molecular flexibility index (Phi) is 3.45. The van der Waals surface area contributed by atoms with Crippen molar-refractivity contribution in [1.29, 1.82) is 0 Å². The summed E-state index contributed by atoms with van der Waals surface area (Å²) in [5, 5.41) is 0. The highest BCUT2D eigenvalue weighted by Gasteiger charge is 2.49. The first-order valence-electron chi connectivity index (χ1n) is 8.71. The van der Waals surface area contributed by atoms with Crippen LogP contribution in [0.5, 0.6) is 0 Å². The molecule has 2 aromatic rings. The van der Waals surface area contributed by atoms with E-state index < -0.39 is 0 Å². The number of nitrogens with zero attached hydrogens (tertiary/aromatic N) is 2. The van der Waals surface area contributed by atoms with E-state index in [-0.39, 0.29) is 12.1 Å². The molecule has 0 spiro atoms. The first-order chi connectivity index (χ1) is 11.8. The number of thiophene rings is 1. The Hall–Kier alpha value is -1.72. The average Bonchev–Trinajstić information content (AvgIpc) is 3.08. The van der Waals surface area contributed by atoms with Gasteiger partial charge in [0.15, 0.2) is 0 Å². The van der Waals surface area contributed by atoms with Crippen molar-refractivity contribution in [3.63, 3.8) is 0 Å². The summed E-state index contributed by atoms with van der Waals surface area (Å²) in [7, 11) is 0. The quantitative estimate of drug-likeness (QED) is 0.804. The normalized spacial score (nSPS) is 33.6. The van der Waals surface area contributed by atoms with Crippen molar-refractivity contribution in [3.05, 3.63) is 41.4 Å². The zero-order chi connectivity index (χ0) is 16.1. The van der Waals surface area contributed by atoms with Crippen LogP contribution in [0.4, 0.5) is 0 Å². The van der Waals surface area contributed by atoms with Crippen LogP contribution in [-0.4, -0.2) is 41.6 Å². The molecular formula is C19H20N2O2S. The third-order valence-corrected chi connectivity index (χ3v) is 6.76. The van der Waals surface area contributed by atoms with Gasteiger partial charge in [-0.1, -0.05) is 6.07 Å². The Morgan fingerprint density at radius 2 is 1.96 bits per heavy atom. The van der Waals surface area contributed by atoms with E-state index in [1.54, 1.807) is 6.20 Å². The molecule has 24 heavy (non-hydrogen) atoms. The van der Waals surface area contributed by atoms with Gasteiger partial charge in [0.05, 0.1) is 10.6 Å². The van der Waals surface area contributed by atoms with E-state index in [0.717, 1.165) is 29.6 Å². The molecule has 5 heterocycles. The zero-order valence-corrected chi connectivity index (χ0v) is 14.2. The van der Waals surface area contributed by atoms with Gasteiger partial charge in [0.25, 0.3) is 0 Å². The summed E-state index contributed by atoms with van der Waals surface area (Å²) in [5.74, 6) is 1.75. The second-order valence-electron chi connectivity index (χ2n) is 7.32. The summed E-state index contributed by atoms with van der Waals surface area (Å²) in [5.41, 5.74) is 0.906. The smallest absolute Gasteiger partial charge is 0.348 e. The van der Waals surface area contributed by atoms with Crippen molar-refractivity contribution in [3.8, 4) is 10.6 Å². The van der Waals surface area contributed by atoms with Crippen LogP contribution in [0.25, 0.3) is 10.6 Å². The SMILES string of the molecule is O=C(OC1[C@@H]2CC3C[C@@H]1CN(C3)C2)c1ccc(-c2ccccn2)s1. The lowest BCUT2D eigenvalue weighted by Crippen LogP contribution is -2.60. The van der Waals surface area contributed by atoms with Gasteiger partial charge in [-0.3, -0.25) is 4.98 Å². The molecule has 2 atom stereocenters. The van der Waals surface area contributed by atoms with E-state index in [2.05, 4.69) is 9.88 Å². The third-order valence-electron chi connectivity index (χ3n) is 5.67. The molecule has 0 aromatic carbocycles. The fourth-order valence-electron chi connectivity index (χ4n) is 4.83. The minimum absolute atomic E-state index is 0.116. The van der Waals surface area contributed by atoms with Gasteiger partial charge >= 0.3 is 5.97 Å². The van der Waals surface area contributed by atoms with Gasteiger partial charge in [-0.05, 0) is 43.0 Å². The molecule has 4 bridgehead atoms. The van der Waals surface area contributed by atoms with Crippen molar-refractivity contribution < 1.29 is 9.53 Å². The van der Waals surface area contributed by atoms with Crippen LogP contribution in [-0.2, 0) is 4.74 Å². The maximum atomic E-state index is 12.6. The van der Waals surface area contributed by atoms with Gasteiger partial charge in [-0.2, -0.15) is 0 Å². The first kappa shape index (κ1) is 14.6. The van der Waals surface area contributed by atoms with Gasteiger partial charge in [0.1, 0.15) is 11.0 Å². The predicted octanol–water partition coefficient (Wildman–Crippen LogP) is 3.31. The Balaban J connectivity index is 1.32. The number of aromatic nitrogens is 1. The second kappa shape index (κ2) is 5.67. The summed E-state index contributed by atoms with van der Waals surface area (Å²) in [4.78, 5) is 21.2. The van der Waals surface area contributed by atoms with Crippen molar-refractivity contribution >= 4 is 17.3 Å². The second-order valence-corrected chi connectivity index (χ2v) is 8.41. The van der Waals surface area contributed by atoms with E-state index >= 15 is 0 Å². The Morgan fingerprint density at radius 1 is 1.12 bits per heavy atom. The Bertz CT molecular complexity index is 730. The van der Waals surface area contributed by atoms with Gasteiger partial charge in [-0.25, -0.2) is 4.79 Å². The molecule has 124 valence electrons. The van der Waals surface area contributed by atoms with Crippen LogP contribution >= 0.6 is 11.3 Å². The minimum atomic E-state index is -0.158. The van der Waals surface area contributed by atoms with Crippen LogP contribution in [0.3, 0.4) is 0 Å². The molecule has 4 nitrogen and oxygen atoms in total. The molecule has 0 amide bonds. The highest BCUT2D eigenvalue weighted by atomic mass is 32.1. The van der Waals surface area contributed by atoms with Gasteiger partial charge < -0.3 is 9.64 Å². The number of carbonyl (C=O) groups is 1. The number of esters is 1. The molecule has 1 aliphatic carbocycles. The van der Waals surface area contributed by atoms with E-state index in [0.29, 0.717) is 16.7 Å². The lowest BCUT2D eigenvalue weighted by Gasteiger charge is -2.55. The molecule has 3 aliphatic heterocycles. The number of carbonyl (C=O) groups excluding carboxylic acids is 1. The molecule has 5 heteroatoms. The number of piperidine rings is 3. The highest BCUT2D eigenvalue weighted by Crippen LogP contribution is 2.45. The maximum Gasteiger partial charge on any atom is 0.348 e. The van der Waals surface area contributed by atoms with Crippen molar-refractivity contribution in [1.82, 2.24) is 9.88 Å². The summed E-state index contributed by atoms with van der Waals surface area (Å²) in [6, 6.07) is 9.66. The van der Waals surface area contributed by atoms with Crippen molar-refractivity contribution in [2.24, 2.45) is 17.8 Å². The van der Waals surface area contributed by atoms with E-state index in [4.69, 9.17) is 4.74 Å². The van der Waals surface area contributed by atoms with Gasteiger partial charge in [0, 0.05) is 37.7 Å². The van der Waals surface area contributed by atoms with Gasteiger partial charge in [-0.15, -0.1) is 11.3 Å². The lowest BCUT2D eigenvalue weighted by atomic mass is 9.66. The van der Waals surface area contributed by atoms with Crippen molar-refractivity contribution in [2.75, 3.05) is 19.6 Å². The zero-order valence-electron chi connectivity index (χ0n) is 13.4. The molecule has 4 aliphatic rings. The lowest BCUT2D eigenvalue weighted by molar-refractivity contribution is -0.116. The molecule has 3 saturated heterocycles. The molecule has 0 radical (unpaired) electrons. The van der Waals surface area contributed by atoms with Crippen LogP contribution < -0.4 is 0 Å². The molecule has 2 aromatic heterocycles. The highest BCUT2D eigenvalue weighted by molar-refractivity contribution is 7.17. The molecular weight excluding hydrogens is 320 g/mol. The van der Waals surface area contributed by atoms with Crippen LogP contribution in [0.1, 0.15) is 22.5 Å². The number of ether oxygens (including phenoxy) is 1. The Morgan fingerprint density at radius 3 is 2.67 bits per heavy atom. The molecule has 6 rings (SSSR count). The van der Waals surface area contributed by atoms with Crippen LogP contribution in [0.15, 0.2) is 36.5 Å². The number of hydrogen-bond acceptors (Lipinski definition) is 5. The van der Waals surface area contributed by atoms with E-state index in [1.807, 2.05) is 30.3 Å². The molecule has 4 fully saturated rings. The number of pyridine rings is 1. The summed E-state index contributed by atoms with van der Waals surface area (Å²) >= 11 is 1.47. The molecule has 0 N–H and O–H groups in total. The van der Waals surface area contributed by atoms with E-state index in [9.17, 15) is 4.79 Å². The topological polar surface area (TPSA) is 42.4 Å².